The summed E-state index contributed by atoms with van der Waals surface area (Å²) in [5.74, 6) is 1.23. The number of hydrogen-bond acceptors (Lipinski definition) is 5. The minimum absolute atomic E-state index is 0.127. The number of nitrogen functional groups attached to an aromatic ring is 1. The van der Waals surface area contributed by atoms with E-state index < -0.39 is 0 Å². The first-order valence-electron chi connectivity index (χ1n) is 6.35. The monoisotopic (exact) mass is 257 g/mol. The quantitative estimate of drug-likeness (QED) is 0.873. The van der Waals surface area contributed by atoms with Gasteiger partial charge < -0.3 is 11.1 Å². The summed E-state index contributed by atoms with van der Waals surface area (Å²) in [4.78, 5) is 13.0. The van der Waals surface area contributed by atoms with Crippen LogP contribution in [0.2, 0.25) is 0 Å². The summed E-state index contributed by atoms with van der Waals surface area (Å²) >= 11 is 0. The molecule has 0 bridgehead atoms. The van der Waals surface area contributed by atoms with Crippen LogP contribution in [-0.4, -0.2) is 21.5 Å². The first kappa shape index (κ1) is 13.4. The maximum absolute atomic E-state index is 5.98. The fourth-order valence-corrected chi connectivity index (χ4v) is 1.93. The van der Waals surface area contributed by atoms with Gasteiger partial charge in [-0.1, -0.05) is 6.92 Å². The molecule has 0 aromatic carbocycles. The average molecular weight is 257 g/mol. The van der Waals surface area contributed by atoms with Crippen molar-refractivity contribution in [3.05, 3.63) is 47.2 Å². The molecule has 2 aromatic heterocycles. The van der Waals surface area contributed by atoms with E-state index in [2.05, 4.69) is 20.3 Å². The number of rotatable bonds is 4. The van der Waals surface area contributed by atoms with Crippen LogP contribution in [0.1, 0.15) is 35.5 Å². The number of nitrogens with one attached hydrogen (secondary N) is 1. The number of aryl methyl sites for hydroxylation is 2. The van der Waals surface area contributed by atoms with E-state index in [1.54, 1.807) is 6.20 Å². The second-order valence-corrected chi connectivity index (χ2v) is 4.60. The van der Waals surface area contributed by atoms with Crippen molar-refractivity contribution in [1.82, 2.24) is 20.3 Å². The van der Waals surface area contributed by atoms with Crippen molar-refractivity contribution in [2.24, 2.45) is 0 Å². The molecule has 3 N–H and O–H groups in total. The number of pyridine rings is 1. The van der Waals surface area contributed by atoms with Crippen molar-refractivity contribution >= 4 is 5.82 Å². The summed E-state index contributed by atoms with van der Waals surface area (Å²) in [6.45, 7) is 6.81. The van der Waals surface area contributed by atoms with Crippen LogP contribution in [0, 0.1) is 13.8 Å². The predicted molar refractivity (Wildman–Crippen MR) is 75.7 cm³/mol. The van der Waals surface area contributed by atoms with Crippen LogP contribution in [0.4, 0.5) is 5.82 Å². The van der Waals surface area contributed by atoms with Crippen LogP contribution in [-0.2, 0) is 0 Å². The number of nitrogens with two attached hydrogens (primary N) is 1. The van der Waals surface area contributed by atoms with Gasteiger partial charge in [-0.05, 0) is 37.6 Å². The standard InChI is InChI=1S/C14H19N5/c1-4-16-12(14-18-7-10(3)8-19-14)11-5-9(2)6-17-13(11)15/h5-8,12,16H,4H2,1-3H3,(H2,15,17). The molecule has 2 heterocycles. The normalized spacial score (nSPS) is 12.4. The Morgan fingerprint density at radius 3 is 2.37 bits per heavy atom. The lowest BCUT2D eigenvalue weighted by molar-refractivity contribution is 0.596. The summed E-state index contributed by atoms with van der Waals surface area (Å²) in [6.07, 6.45) is 5.38. The van der Waals surface area contributed by atoms with E-state index in [9.17, 15) is 0 Å². The molecule has 0 fully saturated rings. The summed E-state index contributed by atoms with van der Waals surface area (Å²) in [6, 6.07) is 1.90. The second kappa shape index (κ2) is 5.75. The largest absolute Gasteiger partial charge is 0.383 e. The van der Waals surface area contributed by atoms with Gasteiger partial charge in [0.1, 0.15) is 11.6 Å². The van der Waals surface area contributed by atoms with Crippen molar-refractivity contribution < 1.29 is 0 Å². The van der Waals surface area contributed by atoms with Crippen LogP contribution in [0.5, 0.6) is 0 Å². The fourth-order valence-electron chi connectivity index (χ4n) is 1.93. The lowest BCUT2D eigenvalue weighted by Crippen LogP contribution is -2.25. The highest BCUT2D eigenvalue weighted by molar-refractivity contribution is 5.45. The van der Waals surface area contributed by atoms with Crippen LogP contribution >= 0.6 is 0 Å². The van der Waals surface area contributed by atoms with Gasteiger partial charge in [-0.3, -0.25) is 0 Å². The Kier molecular flexibility index (Phi) is 4.06. The van der Waals surface area contributed by atoms with E-state index in [4.69, 9.17) is 5.73 Å². The summed E-state index contributed by atoms with van der Waals surface area (Å²) in [5, 5.41) is 3.36. The molecule has 1 unspecified atom stereocenters. The van der Waals surface area contributed by atoms with E-state index in [-0.39, 0.29) is 6.04 Å². The third-order valence-corrected chi connectivity index (χ3v) is 2.86. The van der Waals surface area contributed by atoms with E-state index in [0.29, 0.717) is 11.6 Å². The summed E-state index contributed by atoms with van der Waals surface area (Å²) in [5.41, 5.74) is 9.01. The van der Waals surface area contributed by atoms with Gasteiger partial charge in [0.15, 0.2) is 0 Å². The molecule has 0 saturated heterocycles. The molecule has 1 atom stereocenters. The van der Waals surface area contributed by atoms with Gasteiger partial charge in [0.05, 0.1) is 6.04 Å². The SMILES string of the molecule is CCNC(c1ncc(C)cn1)c1cc(C)cnc1N. The maximum atomic E-state index is 5.98. The molecule has 2 aromatic rings. The smallest absolute Gasteiger partial charge is 0.149 e. The molecule has 100 valence electrons. The number of anilines is 1. The lowest BCUT2D eigenvalue weighted by Gasteiger charge is -2.18. The lowest BCUT2D eigenvalue weighted by atomic mass is 10.1. The Labute approximate surface area is 113 Å². The first-order valence-corrected chi connectivity index (χ1v) is 6.35. The zero-order valence-electron chi connectivity index (χ0n) is 11.5. The molecule has 19 heavy (non-hydrogen) atoms. The highest BCUT2D eigenvalue weighted by Gasteiger charge is 2.19. The third kappa shape index (κ3) is 3.06. The Hall–Kier alpha value is -2.01. The summed E-state index contributed by atoms with van der Waals surface area (Å²) in [7, 11) is 0. The fraction of sp³-hybridized carbons (Fsp3) is 0.357. The van der Waals surface area contributed by atoms with Crippen LogP contribution in [0.25, 0.3) is 0 Å². The van der Waals surface area contributed by atoms with Crippen molar-refractivity contribution in [3.63, 3.8) is 0 Å². The highest BCUT2D eigenvalue weighted by Crippen LogP contribution is 2.23. The van der Waals surface area contributed by atoms with Gasteiger partial charge in [-0.2, -0.15) is 0 Å². The van der Waals surface area contributed by atoms with E-state index in [1.807, 2.05) is 39.2 Å². The van der Waals surface area contributed by atoms with Gasteiger partial charge in [0.25, 0.3) is 0 Å². The predicted octanol–water partition coefficient (Wildman–Crippen LogP) is 1.77. The Morgan fingerprint density at radius 1 is 1.11 bits per heavy atom. The Balaban J connectivity index is 2.44. The highest BCUT2D eigenvalue weighted by atomic mass is 15.0. The van der Waals surface area contributed by atoms with Gasteiger partial charge in [-0.15, -0.1) is 0 Å². The molecule has 5 nitrogen and oxygen atoms in total. The van der Waals surface area contributed by atoms with Gasteiger partial charge in [0.2, 0.25) is 0 Å². The Morgan fingerprint density at radius 2 is 1.74 bits per heavy atom. The topological polar surface area (TPSA) is 76.7 Å². The van der Waals surface area contributed by atoms with Crippen molar-refractivity contribution in [1.29, 1.82) is 0 Å². The van der Waals surface area contributed by atoms with Crippen LogP contribution in [0.3, 0.4) is 0 Å². The molecule has 2 rings (SSSR count). The van der Waals surface area contributed by atoms with E-state index in [1.165, 1.54) is 0 Å². The first-order chi connectivity index (χ1) is 9.11. The molecular weight excluding hydrogens is 238 g/mol. The zero-order valence-corrected chi connectivity index (χ0v) is 11.5. The van der Waals surface area contributed by atoms with Gasteiger partial charge >= 0.3 is 0 Å². The van der Waals surface area contributed by atoms with E-state index in [0.717, 1.165) is 23.2 Å². The molecule has 0 aliphatic heterocycles. The molecule has 0 aliphatic rings. The van der Waals surface area contributed by atoms with Crippen molar-refractivity contribution in [3.8, 4) is 0 Å². The van der Waals surface area contributed by atoms with Crippen molar-refractivity contribution in [2.45, 2.75) is 26.8 Å². The summed E-state index contributed by atoms with van der Waals surface area (Å²) < 4.78 is 0. The molecule has 0 aliphatic carbocycles. The zero-order chi connectivity index (χ0) is 13.8. The minimum Gasteiger partial charge on any atom is -0.383 e. The van der Waals surface area contributed by atoms with Gasteiger partial charge in [-0.25, -0.2) is 15.0 Å². The van der Waals surface area contributed by atoms with Crippen molar-refractivity contribution in [2.75, 3.05) is 12.3 Å². The number of nitrogens with zero attached hydrogens (tertiary/aromatic N) is 3. The van der Waals surface area contributed by atoms with Crippen LogP contribution in [0.15, 0.2) is 24.7 Å². The molecule has 0 radical (unpaired) electrons. The van der Waals surface area contributed by atoms with E-state index >= 15 is 0 Å². The second-order valence-electron chi connectivity index (χ2n) is 4.60. The third-order valence-electron chi connectivity index (χ3n) is 2.86. The average Bonchev–Trinajstić information content (AvgIpc) is 2.40. The maximum Gasteiger partial charge on any atom is 0.149 e. The molecule has 0 saturated carbocycles. The minimum atomic E-state index is -0.127. The Bertz CT molecular complexity index is 550. The number of aromatic nitrogens is 3. The molecule has 0 amide bonds. The van der Waals surface area contributed by atoms with Gasteiger partial charge in [0, 0.05) is 24.2 Å². The molecule has 5 heteroatoms. The van der Waals surface area contributed by atoms with Crippen LogP contribution < -0.4 is 11.1 Å². The molecule has 0 spiro atoms. The molecular formula is C14H19N5. The number of hydrogen-bond donors (Lipinski definition) is 2.